The number of aliphatic hydroxyl groups excluding tert-OH is 1. The highest BCUT2D eigenvalue weighted by molar-refractivity contribution is 6.03. The Kier molecular flexibility index (Phi) is 39.0. The molecule has 2 heterocycles. The highest BCUT2D eigenvalue weighted by Gasteiger charge is 2.44. The molecule has 106 heavy (non-hydrogen) atoms. The van der Waals surface area contributed by atoms with Gasteiger partial charge in [0.2, 0.25) is 70.9 Å². The minimum absolute atomic E-state index is 0.0367. The first kappa shape index (κ1) is 91.6. The molecule has 0 radical (unpaired) electrons. The summed E-state index contributed by atoms with van der Waals surface area (Å²) < 4.78 is 5.96. The van der Waals surface area contributed by atoms with Gasteiger partial charge in [-0.3, -0.25) is 62.3 Å². The Labute approximate surface area is 625 Å². The van der Waals surface area contributed by atoms with Gasteiger partial charge in [0, 0.05) is 19.4 Å². The van der Waals surface area contributed by atoms with Gasteiger partial charge in [-0.25, -0.2) is 4.79 Å². The number of hydrogen-bond acceptors (Lipinski definition) is 18. The number of cyclic esters (lactones) is 1. The molecular weight excluding hydrogens is 1370 g/mol. The van der Waals surface area contributed by atoms with Crippen LogP contribution in [-0.4, -0.2) is 197 Å². The standard InChI is InChI=1S/C75H125N15O16/c1-18-44(14)59(71(101)89-62-47(17)106-75(105)58(43(12)13)85-63(93)49(20-3)79-66(96)52(38-48-29-22-21-23-30-48)81-68(98)55(40(6)7)82-70(100)60(45(15)19-2)87-73(62)103)86-65(95)51(32-26-36-77)80-67(97)53-33-27-37-90(53)74(104)57(42(10)11)84-69(99)56(41(8)9)83-72(102)61(46(16)91)88-64(94)50(31-25-35-76)78-54(92)34-24-28-39(4)5/h20-23,29-30,39-47,50-53,55-62,91H,18-19,24-28,31-38,76-77H2,1-17H3,(H,78,92)(H,79,96)(H,80,97)(H,81,98)(H,82,100)(H,83,102)(H,84,99)(H,85,93)(H,86,95)(H,87,103)(H,88,94)(H,89,101)/b49-20-/t44-,45-,46-,47+,50-,51+,52+,53-,55-,56+,57-,58+,59-,60-,61+,62-/m1/s1. The summed E-state index contributed by atoms with van der Waals surface area (Å²) in [6.07, 6.45) is 1.44. The highest BCUT2D eigenvalue weighted by atomic mass is 16.5. The van der Waals surface area contributed by atoms with E-state index < -0.39 is 197 Å². The van der Waals surface area contributed by atoms with Crippen LogP contribution in [0.1, 0.15) is 194 Å². The third-order valence-corrected chi connectivity index (χ3v) is 19.3. The van der Waals surface area contributed by atoms with E-state index in [0.717, 1.165) is 6.42 Å². The predicted octanol–water partition coefficient (Wildman–Crippen LogP) is 0.919. The molecule has 0 aromatic heterocycles. The molecule has 1 aromatic carbocycles. The van der Waals surface area contributed by atoms with E-state index in [2.05, 4.69) is 63.8 Å². The summed E-state index contributed by atoms with van der Waals surface area (Å²) >= 11 is 0. The van der Waals surface area contributed by atoms with E-state index in [9.17, 15) is 62.6 Å². The maximum Gasteiger partial charge on any atom is 0.329 e. The van der Waals surface area contributed by atoms with Crippen LogP contribution in [0.15, 0.2) is 42.1 Å². The van der Waals surface area contributed by atoms with Crippen molar-refractivity contribution in [2.45, 2.75) is 279 Å². The number of likely N-dealkylation sites (tertiary alicyclic amines) is 1. The minimum atomic E-state index is -1.83. The smallest absolute Gasteiger partial charge is 0.329 e. The van der Waals surface area contributed by atoms with Crippen LogP contribution in [0.4, 0.5) is 0 Å². The number of benzene rings is 1. The zero-order chi connectivity index (χ0) is 80.0. The lowest BCUT2D eigenvalue weighted by atomic mass is 9.95. The fourth-order valence-electron chi connectivity index (χ4n) is 12.2. The number of rotatable bonds is 35. The Balaban J connectivity index is 2.00. The summed E-state index contributed by atoms with van der Waals surface area (Å²) in [6.45, 7) is 28.5. The van der Waals surface area contributed by atoms with Crippen LogP contribution in [0.2, 0.25) is 0 Å². The topological polar surface area (TPSA) is 468 Å². The van der Waals surface area contributed by atoms with Crippen molar-refractivity contribution in [3.05, 3.63) is 47.7 Å². The first-order valence-corrected chi connectivity index (χ1v) is 37.8. The molecule has 17 N–H and O–H groups in total. The van der Waals surface area contributed by atoms with Crippen molar-refractivity contribution in [3.8, 4) is 0 Å². The summed E-state index contributed by atoms with van der Waals surface area (Å²) in [6, 6.07) is -7.76. The average Bonchev–Trinajstić information content (AvgIpc) is 1.57. The SMILES string of the molecule is C/C=C1\NC(=O)[C@H](Cc2ccccc2)NC(=O)[C@@H](C(C)C)NC(=O)[C@@H]([C@H](C)CC)NC(=O)[C@H](NC(=O)[C@H](NC(=O)[C@H](CCCN)NC(=O)[C@H]2CCCN2C(=O)[C@H](NC(=O)[C@@H](NC(=O)[C@@H](NC(=O)[C@@H](CCCN)NC(=O)CCCC(C)C)[C@@H](C)O)C(C)C)C(C)C)[C@H](C)CC)[C@H](C)OC(=O)[C@H](C(C)C)NC1=O. The summed E-state index contributed by atoms with van der Waals surface area (Å²) in [4.78, 5) is 202. The molecule has 13 amide bonds. The number of nitrogens with zero attached hydrogens (tertiary/aromatic N) is 1. The first-order valence-electron chi connectivity index (χ1n) is 37.8. The fraction of sp³-hybridized carbons (Fsp3) is 0.707. The number of esters is 1. The van der Waals surface area contributed by atoms with Crippen LogP contribution in [0.25, 0.3) is 0 Å². The molecule has 16 atom stereocenters. The number of hydrogen-bond donors (Lipinski definition) is 15. The number of carbonyl (C=O) groups excluding carboxylic acids is 14. The van der Waals surface area contributed by atoms with Gasteiger partial charge in [0.25, 0.3) is 5.91 Å². The second kappa shape index (κ2) is 45.2. The first-order chi connectivity index (χ1) is 49.9. The van der Waals surface area contributed by atoms with Crippen LogP contribution >= 0.6 is 0 Å². The second-order valence-electron chi connectivity index (χ2n) is 29.9. The quantitative estimate of drug-likeness (QED) is 0.0332. The second-order valence-corrected chi connectivity index (χ2v) is 29.9. The van der Waals surface area contributed by atoms with Crippen molar-refractivity contribution < 1.29 is 77.0 Å². The van der Waals surface area contributed by atoms with Crippen molar-refractivity contribution in [2.75, 3.05) is 19.6 Å². The van der Waals surface area contributed by atoms with Crippen LogP contribution in [0.5, 0.6) is 0 Å². The normalized spacial score (nSPS) is 22.4. The van der Waals surface area contributed by atoms with E-state index in [1.54, 1.807) is 113 Å². The molecule has 1 aromatic rings. The van der Waals surface area contributed by atoms with Gasteiger partial charge in [-0.15, -0.1) is 0 Å². The molecule has 0 spiro atoms. The van der Waals surface area contributed by atoms with Crippen molar-refractivity contribution in [3.63, 3.8) is 0 Å². The van der Waals surface area contributed by atoms with E-state index in [-0.39, 0.29) is 76.2 Å². The van der Waals surface area contributed by atoms with Gasteiger partial charge in [-0.05, 0) is 126 Å². The zero-order valence-corrected chi connectivity index (χ0v) is 65.4. The number of aliphatic hydroxyl groups is 1. The van der Waals surface area contributed by atoms with Gasteiger partial charge < -0.3 is 90.0 Å². The third kappa shape index (κ3) is 28.3. The molecule has 2 saturated heterocycles. The van der Waals surface area contributed by atoms with Crippen LogP contribution in [0, 0.1) is 41.4 Å². The van der Waals surface area contributed by atoms with Crippen molar-refractivity contribution >= 4 is 82.8 Å². The van der Waals surface area contributed by atoms with Gasteiger partial charge >= 0.3 is 5.97 Å². The average molecular weight is 1490 g/mol. The Morgan fingerprint density at radius 3 is 1.67 bits per heavy atom. The number of amides is 13. The molecular formula is C75H125N15O16. The van der Waals surface area contributed by atoms with Crippen molar-refractivity contribution in [1.29, 1.82) is 0 Å². The van der Waals surface area contributed by atoms with Gasteiger partial charge in [0.15, 0.2) is 0 Å². The molecule has 0 aliphatic carbocycles. The summed E-state index contributed by atoms with van der Waals surface area (Å²) in [7, 11) is 0. The predicted molar refractivity (Wildman–Crippen MR) is 399 cm³/mol. The highest BCUT2D eigenvalue weighted by Crippen LogP contribution is 2.23. The summed E-state index contributed by atoms with van der Waals surface area (Å²) in [5.41, 5.74) is 12.1. The third-order valence-electron chi connectivity index (χ3n) is 19.3. The molecule has 2 aliphatic heterocycles. The molecule has 2 aliphatic rings. The number of nitrogens with one attached hydrogen (secondary N) is 12. The Morgan fingerprint density at radius 1 is 0.604 bits per heavy atom. The molecule has 3 rings (SSSR count). The molecule has 596 valence electrons. The zero-order valence-electron chi connectivity index (χ0n) is 65.4. The van der Waals surface area contributed by atoms with Crippen LogP contribution < -0.4 is 75.3 Å². The van der Waals surface area contributed by atoms with Gasteiger partial charge in [-0.2, -0.15) is 0 Å². The Morgan fingerprint density at radius 2 is 1.14 bits per heavy atom. The van der Waals surface area contributed by atoms with E-state index in [4.69, 9.17) is 16.2 Å². The fourth-order valence-corrected chi connectivity index (χ4v) is 12.2. The maximum absolute atomic E-state index is 15.0. The van der Waals surface area contributed by atoms with E-state index in [1.807, 2.05) is 13.8 Å². The number of ether oxygens (including phenoxy) is 1. The van der Waals surface area contributed by atoms with E-state index in [0.29, 0.717) is 37.2 Å². The molecule has 0 saturated carbocycles. The molecule has 0 bridgehead atoms. The van der Waals surface area contributed by atoms with E-state index >= 15 is 9.59 Å². The van der Waals surface area contributed by atoms with Crippen LogP contribution in [0.3, 0.4) is 0 Å². The maximum atomic E-state index is 15.0. The largest absolute Gasteiger partial charge is 0.458 e. The lowest BCUT2D eigenvalue weighted by molar-refractivity contribution is -0.157. The molecule has 31 nitrogen and oxygen atoms in total. The van der Waals surface area contributed by atoms with Gasteiger partial charge in [0.1, 0.15) is 84.3 Å². The molecule has 0 unspecified atom stereocenters. The lowest BCUT2D eigenvalue weighted by Gasteiger charge is -2.33. The van der Waals surface area contributed by atoms with Crippen molar-refractivity contribution in [1.82, 2.24) is 68.7 Å². The molecule has 31 heteroatoms. The minimum Gasteiger partial charge on any atom is -0.458 e. The number of allylic oxidation sites excluding steroid dienone is 1. The van der Waals surface area contributed by atoms with Crippen molar-refractivity contribution in [2.24, 2.45) is 52.9 Å². The van der Waals surface area contributed by atoms with Gasteiger partial charge in [0.05, 0.1) is 6.10 Å². The monoisotopic (exact) mass is 1490 g/mol. The van der Waals surface area contributed by atoms with Gasteiger partial charge in [-0.1, -0.05) is 153 Å². The summed E-state index contributed by atoms with van der Waals surface area (Å²) in [5.74, 6) is -14.8. The van der Waals surface area contributed by atoms with Crippen LogP contribution in [-0.2, 0) is 78.3 Å². The van der Waals surface area contributed by atoms with E-state index in [1.165, 1.54) is 31.7 Å². The number of nitrogens with two attached hydrogens (primary N) is 2. The lowest BCUT2D eigenvalue weighted by Crippen LogP contribution is -2.64. The summed E-state index contributed by atoms with van der Waals surface area (Å²) in [5, 5.41) is 43.1. The Bertz CT molecular complexity index is 3160. The molecule has 2 fully saturated rings. The Hall–Kier alpha value is -8.58. The number of carbonyl (C=O) groups is 14.